The Morgan fingerprint density at radius 1 is 1.33 bits per heavy atom. The van der Waals surface area contributed by atoms with Crippen LogP contribution in [0.5, 0.6) is 0 Å². The van der Waals surface area contributed by atoms with Crippen molar-refractivity contribution in [1.82, 2.24) is 0 Å². The second-order valence-corrected chi connectivity index (χ2v) is 4.93. The molecule has 1 aliphatic carbocycles. The summed E-state index contributed by atoms with van der Waals surface area (Å²) in [6.45, 7) is 3.69. The molecule has 1 aliphatic rings. The number of hydrogen-bond acceptors (Lipinski definition) is 3. The fraction of sp³-hybridized carbons (Fsp3) is 0.600. The minimum atomic E-state index is -0.340. The Kier molecular flexibility index (Phi) is 4.61. The van der Waals surface area contributed by atoms with E-state index in [0.717, 1.165) is 25.1 Å². The van der Waals surface area contributed by atoms with Gasteiger partial charge in [0.1, 0.15) is 0 Å². The highest BCUT2D eigenvalue weighted by atomic mass is 16.5. The van der Waals surface area contributed by atoms with Crippen LogP contribution in [0.4, 0.5) is 5.69 Å². The molecule has 100 valence electrons. The highest BCUT2D eigenvalue weighted by Gasteiger charge is 2.28. The highest BCUT2D eigenvalue weighted by Crippen LogP contribution is 2.32. The van der Waals surface area contributed by atoms with Gasteiger partial charge in [0.15, 0.2) is 0 Å². The Hall–Kier alpha value is -1.06. The highest BCUT2D eigenvalue weighted by molar-refractivity contribution is 5.50. The molecule has 1 fully saturated rings. The molecule has 1 atom stereocenters. The molecule has 3 heteroatoms. The van der Waals surface area contributed by atoms with Crippen molar-refractivity contribution in [2.45, 2.75) is 38.3 Å². The van der Waals surface area contributed by atoms with Crippen LogP contribution in [0.2, 0.25) is 0 Å². The van der Waals surface area contributed by atoms with Crippen LogP contribution in [0.1, 0.15) is 37.9 Å². The number of rotatable bonds is 7. The van der Waals surface area contributed by atoms with E-state index in [1.54, 1.807) is 7.11 Å². The molecule has 0 radical (unpaired) electrons. The number of methoxy groups -OCH3 is 1. The molecule has 3 nitrogen and oxygen atoms in total. The smallest absolute Gasteiger partial charge is 0.0787 e. The standard InChI is InChI=1S/C15H23NO2/c1-3-15(17)12-4-6-13(7-5-12)16(10-11-18-2)14-8-9-14/h4-7,14-15,17H,3,8-11H2,1-2H3/t15-/m1/s1. The van der Waals surface area contributed by atoms with E-state index >= 15 is 0 Å². The van der Waals surface area contributed by atoms with Gasteiger partial charge in [-0.15, -0.1) is 0 Å². The summed E-state index contributed by atoms with van der Waals surface area (Å²) in [7, 11) is 1.74. The predicted octanol–water partition coefficient (Wildman–Crippen LogP) is 2.75. The van der Waals surface area contributed by atoms with Crippen molar-refractivity contribution in [2.24, 2.45) is 0 Å². The van der Waals surface area contributed by atoms with Gasteiger partial charge in [0.25, 0.3) is 0 Å². The molecule has 18 heavy (non-hydrogen) atoms. The third-order valence-electron chi connectivity index (χ3n) is 3.52. The van der Waals surface area contributed by atoms with Gasteiger partial charge < -0.3 is 14.7 Å². The first-order valence-electron chi connectivity index (χ1n) is 6.80. The average molecular weight is 249 g/mol. The average Bonchev–Trinajstić information content (AvgIpc) is 3.24. The largest absolute Gasteiger partial charge is 0.388 e. The first-order chi connectivity index (χ1) is 8.76. The van der Waals surface area contributed by atoms with Gasteiger partial charge in [-0.25, -0.2) is 0 Å². The first kappa shape index (κ1) is 13.4. The number of aliphatic hydroxyl groups excluding tert-OH is 1. The van der Waals surface area contributed by atoms with E-state index in [4.69, 9.17) is 4.74 Å². The van der Waals surface area contributed by atoms with Crippen molar-refractivity contribution in [3.05, 3.63) is 29.8 Å². The molecule has 1 aromatic rings. The van der Waals surface area contributed by atoms with Gasteiger partial charge in [-0.05, 0) is 37.0 Å². The van der Waals surface area contributed by atoms with Crippen LogP contribution in [0.25, 0.3) is 0 Å². The van der Waals surface area contributed by atoms with E-state index in [0.29, 0.717) is 6.04 Å². The van der Waals surface area contributed by atoms with Crippen molar-refractivity contribution in [3.8, 4) is 0 Å². The molecule has 1 aromatic carbocycles. The molecular weight excluding hydrogens is 226 g/mol. The molecule has 1 N–H and O–H groups in total. The Balaban J connectivity index is 2.05. The van der Waals surface area contributed by atoms with Crippen molar-refractivity contribution in [2.75, 3.05) is 25.2 Å². The maximum absolute atomic E-state index is 9.79. The van der Waals surface area contributed by atoms with Crippen molar-refractivity contribution < 1.29 is 9.84 Å². The van der Waals surface area contributed by atoms with Gasteiger partial charge in [0, 0.05) is 25.4 Å². The Morgan fingerprint density at radius 3 is 2.50 bits per heavy atom. The lowest BCUT2D eigenvalue weighted by Gasteiger charge is -2.24. The zero-order chi connectivity index (χ0) is 13.0. The SMILES string of the molecule is CC[C@@H](O)c1ccc(N(CCOC)C2CC2)cc1. The van der Waals surface area contributed by atoms with Crippen LogP contribution in [0.3, 0.4) is 0 Å². The van der Waals surface area contributed by atoms with E-state index < -0.39 is 0 Å². The van der Waals surface area contributed by atoms with Gasteiger partial charge in [-0.2, -0.15) is 0 Å². The summed E-state index contributed by atoms with van der Waals surface area (Å²) in [4.78, 5) is 2.41. The molecule has 0 aromatic heterocycles. The number of benzene rings is 1. The van der Waals surface area contributed by atoms with E-state index in [-0.39, 0.29) is 6.10 Å². The molecule has 0 bridgehead atoms. The zero-order valence-electron chi connectivity index (χ0n) is 11.3. The van der Waals surface area contributed by atoms with Crippen molar-refractivity contribution in [3.63, 3.8) is 0 Å². The Labute approximate surface area is 109 Å². The summed E-state index contributed by atoms with van der Waals surface area (Å²) in [5.41, 5.74) is 2.24. The second kappa shape index (κ2) is 6.21. The number of hydrogen-bond donors (Lipinski definition) is 1. The minimum absolute atomic E-state index is 0.340. The summed E-state index contributed by atoms with van der Waals surface area (Å²) >= 11 is 0. The summed E-state index contributed by atoms with van der Waals surface area (Å²) in [6, 6.07) is 8.98. The normalized spacial score (nSPS) is 16.6. The molecule has 0 spiro atoms. The van der Waals surface area contributed by atoms with E-state index in [2.05, 4.69) is 17.0 Å². The molecule has 0 aliphatic heterocycles. The summed E-state index contributed by atoms with van der Waals surface area (Å²) in [5, 5.41) is 9.79. The van der Waals surface area contributed by atoms with Crippen LogP contribution in [0.15, 0.2) is 24.3 Å². The molecular formula is C15H23NO2. The molecule has 0 amide bonds. The Morgan fingerprint density at radius 2 is 2.00 bits per heavy atom. The predicted molar refractivity (Wildman–Crippen MR) is 73.9 cm³/mol. The molecule has 0 saturated heterocycles. The van der Waals surface area contributed by atoms with Crippen LogP contribution >= 0.6 is 0 Å². The minimum Gasteiger partial charge on any atom is -0.388 e. The molecule has 1 saturated carbocycles. The molecule has 0 heterocycles. The van der Waals surface area contributed by atoms with E-state index in [1.165, 1.54) is 18.5 Å². The maximum atomic E-state index is 9.79. The topological polar surface area (TPSA) is 32.7 Å². The van der Waals surface area contributed by atoms with Gasteiger partial charge in [0.2, 0.25) is 0 Å². The third-order valence-corrected chi connectivity index (χ3v) is 3.52. The van der Waals surface area contributed by atoms with Crippen LogP contribution in [0, 0.1) is 0 Å². The van der Waals surface area contributed by atoms with Crippen molar-refractivity contribution >= 4 is 5.69 Å². The fourth-order valence-corrected chi connectivity index (χ4v) is 2.22. The number of nitrogens with zero attached hydrogens (tertiary/aromatic N) is 1. The fourth-order valence-electron chi connectivity index (χ4n) is 2.22. The number of aliphatic hydroxyl groups is 1. The Bertz CT molecular complexity index is 359. The summed E-state index contributed by atoms with van der Waals surface area (Å²) < 4.78 is 5.17. The monoisotopic (exact) mass is 249 g/mol. The lowest BCUT2D eigenvalue weighted by Crippen LogP contribution is -2.29. The van der Waals surface area contributed by atoms with Gasteiger partial charge >= 0.3 is 0 Å². The number of anilines is 1. The van der Waals surface area contributed by atoms with Gasteiger partial charge in [0.05, 0.1) is 12.7 Å². The van der Waals surface area contributed by atoms with Crippen LogP contribution < -0.4 is 4.90 Å². The maximum Gasteiger partial charge on any atom is 0.0787 e. The van der Waals surface area contributed by atoms with E-state index in [9.17, 15) is 5.11 Å². The zero-order valence-corrected chi connectivity index (χ0v) is 11.3. The quantitative estimate of drug-likeness (QED) is 0.806. The lowest BCUT2D eigenvalue weighted by molar-refractivity contribution is 0.173. The van der Waals surface area contributed by atoms with E-state index in [1.807, 2.05) is 19.1 Å². The van der Waals surface area contributed by atoms with Crippen molar-refractivity contribution in [1.29, 1.82) is 0 Å². The van der Waals surface area contributed by atoms with Gasteiger partial charge in [-0.3, -0.25) is 0 Å². The summed E-state index contributed by atoms with van der Waals surface area (Å²) in [6.07, 6.45) is 2.98. The molecule has 2 rings (SSSR count). The number of ether oxygens (including phenoxy) is 1. The molecule has 0 unspecified atom stereocenters. The second-order valence-electron chi connectivity index (χ2n) is 4.93. The first-order valence-corrected chi connectivity index (χ1v) is 6.80. The lowest BCUT2D eigenvalue weighted by atomic mass is 10.1. The van der Waals surface area contributed by atoms with Gasteiger partial charge in [-0.1, -0.05) is 19.1 Å². The van der Waals surface area contributed by atoms with Crippen LogP contribution in [-0.2, 0) is 4.74 Å². The van der Waals surface area contributed by atoms with Crippen LogP contribution in [-0.4, -0.2) is 31.4 Å². The summed E-state index contributed by atoms with van der Waals surface area (Å²) in [5.74, 6) is 0. The third kappa shape index (κ3) is 3.24.